The summed E-state index contributed by atoms with van der Waals surface area (Å²) in [5.41, 5.74) is 2.06. The first-order valence-corrected chi connectivity index (χ1v) is 8.52. The van der Waals surface area contributed by atoms with Gasteiger partial charge in [0.1, 0.15) is 0 Å². The van der Waals surface area contributed by atoms with Gasteiger partial charge in [0.05, 0.1) is 22.4 Å². The molecule has 0 unspecified atom stereocenters. The summed E-state index contributed by atoms with van der Waals surface area (Å²) >= 11 is 0. The Balaban J connectivity index is 1.84. The zero-order chi connectivity index (χ0) is 18.7. The van der Waals surface area contributed by atoms with Crippen LogP contribution < -0.4 is 9.80 Å². The summed E-state index contributed by atoms with van der Waals surface area (Å²) in [5.74, 6) is -0.232. The van der Waals surface area contributed by atoms with Crippen molar-refractivity contribution in [1.82, 2.24) is 0 Å². The van der Waals surface area contributed by atoms with Gasteiger partial charge in [0.15, 0.2) is 0 Å². The van der Waals surface area contributed by atoms with Crippen LogP contribution in [0.5, 0.6) is 0 Å². The third kappa shape index (κ3) is 3.67. The van der Waals surface area contributed by atoms with E-state index < -0.39 is 4.92 Å². The number of nitro benzene ring substituents is 1. The molecule has 3 rings (SSSR count). The van der Waals surface area contributed by atoms with Crippen molar-refractivity contribution in [2.24, 2.45) is 0 Å². The number of nitrogens with zero attached hydrogens (tertiary/aromatic N) is 3. The standard InChI is InChI=1S/C19H21N3O4/c1-20(19(24)14-6-8-15(9-7-14)22(25)26)17-4-2-3-5-18(17)21-12-10-16(23)11-13-21/h2-9,16,23H,10-13H2,1H3. The number of carbonyl (C=O) groups excluding carboxylic acids is 1. The number of hydrogen-bond acceptors (Lipinski definition) is 5. The van der Waals surface area contributed by atoms with Crippen LogP contribution in [0.15, 0.2) is 48.5 Å². The number of para-hydroxylation sites is 2. The van der Waals surface area contributed by atoms with Crippen LogP contribution in [0, 0.1) is 10.1 Å². The van der Waals surface area contributed by atoms with E-state index in [1.165, 1.54) is 24.3 Å². The van der Waals surface area contributed by atoms with E-state index in [4.69, 9.17) is 0 Å². The fraction of sp³-hybridized carbons (Fsp3) is 0.316. The molecule has 7 nitrogen and oxygen atoms in total. The lowest BCUT2D eigenvalue weighted by Crippen LogP contribution is -2.37. The average molecular weight is 355 g/mol. The molecule has 1 N–H and O–H groups in total. The summed E-state index contributed by atoms with van der Waals surface area (Å²) in [6.45, 7) is 1.47. The smallest absolute Gasteiger partial charge is 0.269 e. The maximum atomic E-state index is 12.8. The fourth-order valence-electron chi connectivity index (χ4n) is 3.15. The highest BCUT2D eigenvalue weighted by Crippen LogP contribution is 2.31. The Kier molecular flexibility index (Phi) is 5.18. The lowest BCUT2D eigenvalue weighted by atomic mass is 10.1. The Hall–Kier alpha value is -2.93. The van der Waals surface area contributed by atoms with Crippen LogP contribution in [0.3, 0.4) is 0 Å². The van der Waals surface area contributed by atoms with Crippen molar-refractivity contribution in [1.29, 1.82) is 0 Å². The summed E-state index contributed by atoms with van der Waals surface area (Å²) in [6, 6.07) is 13.2. The molecule has 0 spiro atoms. The van der Waals surface area contributed by atoms with Crippen LogP contribution in [0.2, 0.25) is 0 Å². The molecule has 0 aliphatic carbocycles. The van der Waals surface area contributed by atoms with Crippen molar-refractivity contribution in [3.05, 3.63) is 64.2 Å². The Bertz CT molecular complexity index is 799. The number of benzene rings is 2. The lowest BCUT2D eigenvalue weighted by Gasteiger charge is -2.34. The highest BCUT2D eigenvalue weighted by atomic mass is 16.6. The molecule has 0 saturated carbocycles. The van der Waals surface area contributed by atoms with Gasteiger partial charge < -0.3 is 14.9 Å². The number of piperidine rings is 1. The summed E-state index contributed by atoms with van der Waals surface area (Å²) in [7, 11) is 1.70. The Morgan fingerprint density at radius 3 is 2.38 bits per heavy atom. The molecule has 0 bridgehead atoms. The minimum Gasteiger partial charge on any atom is -0.393 e. The monoisotopic (exact) mass is 355 g/mol. The molecule has 0 atom stereocenters. The van der Waals surface area contributed by atoms with Gasteiger partial charge >= 0.3 is 0 Å². The molecular weight excluding hydrogens is 334 g/mol. The second-order valence-electron chi connectivity index (χ2n) is 6.38. The van der Waals surface area contributed by atoms with Gasteiger partial charge in [0.25, 0.3) is 11.6 Å². The van der Waals surface area contributed by atoms with Crippen molar-refractivity contribution in [3.63, 3.8) is 0 Å². The molecule has 0 aromatic heterocycles. The molecule has 136 valence electrons. The summed E-state index contributed by atoms with van der Waals surface area (Å²) in [4.78, 5) is 26.8. The number of aliphatic hydroxyl groups is 1. The van der Waals surface area contributed by atoms with Gasteiger partial charge in [-0.1, -0.05) is 12.1 Å². The number of anilines is 2. The van der Waals surface area contributed by atoms with Crippen molar-refractivity contribution in [3.8, 4) is 0 Å². The Labute approximate surface area is 151 Å². The molecule has 1 aliphatic rings. The van der Waals surface area contributed by atoms with Crippen LogP contribution in [0.1, 0.15) is 23.2 Å². The zero-order valence-electron chi connectivity index (χ0n) is 14.5. The maximum Gasteiger partial charge on any atom is 0.269 e. The minimum atomic E-state index is -0.488. The van der Waals surface area contributed by atoms with Gasteiger partial charge in [-0.25, -0.2) is 0 Å². The third-order valence-electron chi connectivity index (χ3n) is 4.68. The van der Waals surface area contributed by atoms with Crippen LogP contribution >= 0.6 is 0 Å². The van der Waals surface area contributed by atoms with Crippen molar-refractivity contribution < 1.29 is 14.8 Å². The van der Waals surface area contributed by atoms with Crippen LogP contribution in [0.25, 0.3) is 0 Å². The van der Waals surface area contributed by atoms with E-state index in [9.17, 15) is 20.0 Å². The highest BCUT2D eigenvalue weighted by molar-refractivity contribution is 6.07. The second-order valence-corrected chi connectivity index (χ2v) is 6.38. The first-order chi connectivity index (χ1) is 12.5. The first-order valence-electron chi connectivity index (χ1n) is 8.52. The number of rotatable bonds is 4. The first kappa shape index (κ1) is 17.9. The van der Waals surface area contributed by atoms with E-state index in [1.807, 2.05) is 24.3 Å². The van der Waals surface area contributed by atoms with E-state index in [2.05, 4.69) is 4.90 Å². The number of non-ortho nitro benzene ring substituents is 1. The molecule has 1 aliphatic heterocycles. The molecule has 1 fully saturated rings. The molecule has 0 radical (unpaired) electrons. The normalized spacial score (nSPS) is 14.9. The predicted molar refractivity (Wildman–Crippen MR) is 99.7 cm³/mol. The Morgan fingerprint density at radius 2 is 1.77 bits per heavy atom. The van der Waals surface area contributed by atoms with Crippen LogP contribution in [0.4, 0.5) is 17.1 Å². The predicted octanol–water partition coefficient (Wildman–Crippen LogP) is 2.83. The van der Waals surface area contributed by atoms with E-state index in [-0.39, 0.29) is 17.7 Å². The fourth-order valence-corrected chi connectivity index (χ4v) is 3.15. The van der Waals surface area contributed by atoms with E-state index in [0.717, 1.165) is 24.5 Å². The molecule has 2 aromatic carbocycles. The average Bonchev–Trinajstić information content (AvgIpc) is 2.67. The number of aliphatic hydroxyl groups excluding tert-OH is 1. The molecule has 1 heterocycles. The summed E-state index contributed by atoms with van der Waals surface area (Å²) in [5, 5.41) is 20.5. The Morgan fingerprint density at radius 1 is 1.15 bits per heavy atom. The topological polar surface area (TPSA) is 86.9 Å². The van der Waals surface area contributed by atoms with Gasteiger partial charge in [-0.2, -0.15) is 0 Å². The number of hydrogen-bond donors (Lipinski definition) is 1. The van der Waals surface area contributed by atoms with Crippen molar-refractivity contribution in [2.45, 2.75) is 18.9 Å². The largest absolute Gasteiger partial charge is 0.393 e. The molecule has 1 saturated heterocycles. The van der Waals surface area contributed by atoms with E-state index in [0.29, 0.717) is 18.4 Å². The lowest BCUT2D eigenvalue weighted by molar-refractivity contribution is -0.384. The zero-order valence-corrected chi connectivity index (χ0v) is 14.5. The maximum absolute atomic E-state index is 12.8. The third-order valence-corrected chi connectivity index (χ3v) is 4.68. The second kappa shape index (κ2) is 7.53. The molecule has 7 heteroatoms. The van der Waals surface area contributed by atoms with Crippen molar-refractivity contribution in [2.75, 3.05) is 29.9 Å². The van der Waals surface area contributed by atoms with Gasteiger partial charge in [0.2, 0.25) is 0 Å². The van der Waals surface area contributed by atoms with Gasteiger partial charge in [0, 0.05) is 37.8 Å². The van der Waals surface area contributed by atoms with E-state index >= 15 is 0 Å². The number of carbonyl (C=O) groups is 1. The van der Waals surface area contributed by atoms with E-state index in [1.54, 1.807) is 11.9 Å². The molecule has 2 aromatic rings. The summed E-state index contributed by atoms with van der Waals surface area (Å²) in [6.07, 6.45) is 1.14. The minimum absolute atomic E-state index is 0.0449. The van der Waals surface area contributed by atoms with Crippen molar-refractivity contribution >= 4 is 23.0 Å². The molecule has 26 heavy (non-hydrogen) atoms. The molecule has 1 amide bonds. The summed E-state index contributed by atoms with van der Waals surface area (Å²) < 4.78 is 0. The highest BCUT2D eigenvalue weighted by Gasteiger charge is 2.23. The quantitative estimate of drug-likeness (QED) is 0.673. The SMILES string of the molecule is CN(C(=O)c1ccc([N+](=O)[O-])cc1)c1ccccc1N1CCC(O)CC1. The van der Waals surface area contributed by atoms with Gasteiger partial charge in [-0.15, -0.1) is 0 Å². The number of amides is 1. The molecular formula is C19H21N3O4. The van der Waals surface area contributed by atoms with Crippen LogP contribution in [-0.2, 0) is 0 Å². The van der Waals surface area contributed by atoms with Gasteiger partial charge in [-0.3, -0.25) is 14.9 Å². The number of nitro groups is 1. The van der Waals surface area contributed by atoms with Crippen LogP contribution in [-0.4, -0.2) is 42.2 Å². The van der Waals surface area contributed by atoms with Gasteiger partial charge in [-0.05, 0) is 37.1 Å².